The highest BCUT2D eigenvalue weighted by Crippen LogP contribution is 2.35. The molecule has 0 amide bonds. The van der Waals surface area contributed by atoms with E-state index in [1.807, 2.05) is 20.8 Å². The minimum atomic E-state index is -4.20. The van der Waals surface area contributed by atoms with Gasteiger partial charge in [0.1, 0.15) is 17.3 Å². The molecule has 0 spiro atoms. The molecule has 0 saturated heterocycles. The van der Waals surface area contributed by atoms with Gasteiger partial charge < -0.3 is 13.9 Å². The maximum absolute atomic E-state index is 13.4. The first-order valence-corrected chi connectivity index (χ1v) is 13.8. The van der Waals surface area contributed by atoms with Crippen LogP contribution in [0.1, 0.15) is 41.0 Å². The second kappa shape index (κ2) is 11.0. The Morgan fingerprint density at radius 2 is 1.54 bits per heavy atom. The first-order chi connectivity index (χ1) is 16.2. The van der Waals surface area contributed by atoms with Gasteiger partial charge in [-0.15, -0.1) is 6.58 Å². The molecule has 0 aromatic heterocycles. The molecular formula is C25H34FNO6SSi. The first-order valence-electron chi connectivity index (χ1n) is 11.1. The summed E-state index contributed by atoms with van der Waals surface area (Å²) in [5, 5.41) is -0.0907. The molecule has 2 rings (SSSR count). The molecule has 0 aliphatic heterocycles. The summed E-state index contributed by atoms with van der Waals surface area (Å²) in [6.45, 7) is 13.2. The maximum atomic E-state index is 13.4. The molecule has 0 aliphatic carbocycles. The van der Waals surface area contributed by atoms with Gasteiger partial charge in [0.05, 0.1) is 17.6 Å². The van der Waals surface area contributed by atoms with Crippen LogP contribution in [0.2, 0.25) is 5.04 Å². The number of carbonyl (C=O) groups excluding carboxylic acids is 1. The predicted molar refractivity (Wildman–Crippen MR) is 136 cm³/mol. The van der Waals surface area contributed by atoms with Crippen molar-refractivity contribution in [2.45, 2.75) is 62.1 Å². The third-order valence-corrected chi connectivity index (χ3v) is 8.61. The average molecular weight is 524 g/mol. The number of methoxy groups -OCH3 is 1. The summed E-state index contributed by atoms with van der Waals surface area (Å²) in [6, 6.07) is 11.1. The van der Waals surface area contributed by atoms with Crippen LogP contribution in [0.5, 0.6) is 11.5 Å². The molecule has 2 aromatic rings. The van der Waals surface area contributed by atoms with Gasteiger partial charge in [-0.25, -0.2) is 17.6 Å². The fourth-order valence-corrected chi connectivity index (χ4v) is 5.83. The van der Waals surface area contributed by atoms with E-state index in [4.69, 9.17) is 13.9 Å². The van der Waals surface area contributed by atoms with Gasteiger partial charge in [0.15, 0.2) is 15.3 Å². The summed E-state index contributed by atoms with van der Waals surface area (Å²) in [4.78, 5) is 13.0. The SMILES string of the molecule is C=CC[C@@](NS(=O)(=O)c1ccc(Oc2ccc(F)cc2)cc1)(C(=O)OC)C(C)(C)O[SiH2]C(C)(C)C. The normalized spacial score (nSPS) is 14.5. The largest absolute Gasteiger partial charge is 0.468 e. The number of benzene rings is 2. The number of halogens is 1. The Labute approximate surface area is 209 Å². The molecule has 1 atom stereocenters. The van der Waals surface area contributed by atoms with E-state index in [0.717, 1.165) is 0 Å². The van der Waals surface area contributed by atoms with Crippen molar-refractivity contribution in [3.8, 4) is 11.5 Å². The van der Waals surface area contributed by atoms with Gasteiger partial charge in [0.25, 0.3) is 0 Å². The fourth-order valence-electron chi connectivity index (χ4n) is 3.31. The second-order valence-electron chi connectivity index (χ2n) is 9.88. The van der Waals surface area contributed by atoms with Crippen molar-refractivity contribution in [3.63, 3.8) is 0 Å². The second-order valence-corrected chi connectivity index (χ2v) is 14.3. The Morgan fingerprint density at radius 1 is 1.03 bits per heavy atom. The minimum Gasteiger partial charge on any atom is -0.468 e. The highest BCUT2D eigenvalue weighted by atomic mass is 32.2. The molecule has 35 heavy (non-hydrogen) atoms. The molecule has 7 nitrogen and oxygen atoms in total. The zero-order valence-electron chi connectivity index (χ0n) is 21.1. The Bertz CT molecular complexity index is 1130. The smallest absolute Gasteiger partial charge is 0.330 e. The first kappa shape index (κ1) is 28.7. The van der Waals surface area contributed by atoms with Crippen LogP contribution in [0.4, 0.5) is 4.39 Å². The van der Waals surface area contributed by atoms with Crippen molar-refractivity contribution in [2.75, 3.05) is 7.11 Å². The number of rotatable bonds is 11. The highest BCUT2D eigenvalue weighted by Gasteiger charge is 2.55. The molecule has 10 heteroatoms. The summed E-state index contributed by atoms with van der Waals surface area (Å²) < 4.78 is 59.4. The van der Waals surface area contributed by atoms with Gasteiger partial charge >= 0.3 is 5.97 Å². The highest BCUT2D eigenvalue weighted by molar-refractivity contribution is 7.89. The van der Waals surface area contributed by atoms with Gasteiger partial charge in [-0.05, 0) is 73.8 Å². The molecule has 0 fully saturated rings. The molecular weight excluding hydrogens is 489 g/mol. The number of hydrogen-bond acceptors (Lipinski definition) is 6. The lowest BCUT2D eigenvalue weighted by Gasteiger charge is -2.45. The van der Waals surface area contributed by atoms with Crippen LogP contribution in [-0.2, 0) is 24.0 Å². The van der Waals surface area contributed by atoms with Crippen LogP contribution in [0.15, 0.2) is 66.1 Å². The molecule has 0 saturated carbocycles. The van der Waals surface area contributed by atoms with Gasteiger partial charge in [-0.3, -0.25) is 0 Å². The molecule has 1 N–H and O–H groups in total. The average Bonchev–Trinajstić information content (AvgIpc) is 2.78. The van der Waals surface area contributed by atoms with Gasteiger partial charge in [0, 0.05) is 0 Å². The Kier molecular flexibility index (Phi) is 9.04. The van der Waals surface area contributed by atoms with E-state index in [2.05, 4.69) is 11.3 Å². The molecule has 2 aromatic carbocycles. The minimum absolute atomic E-state index is 0.0454. The van der Waals surface area contributed by atoms with E-state index >= 15 is 0 Å². The molecule has 0 unspecified atom stereocenters. The van der Waals surface area contributed by atoms with Crippen molar-refractivity contribution in [1.82, 2.24) is 4.72 Å². The van der Waals surface area contributed by atoms with Crippen LogP contribution in [-0.4, -0.2) is 42.4 Å². The summed E-state index contributed by atoms with van der Waals surface area (Å²) in [6.07, 6.45) is 1.42. The van der Waals surface area contributed by atoms with Gasteiger partial charge in [0.2, 0.25) is 10.0 Å². The molecule has 0 bridgehead atoms. The topological polar surface area (TPSA) is 90.9 Å². The van der Waals surface area contributed by atoms with E-state index < -0.39 is 42.7 Å². The molecule has 0 heterocycles. The predicted octanol–water partition coefficient (Wildman–Crippen LogP) is 4.48. The maximum Gasteiger partial charge on any atom is 0.330 e. The van der Waals surface area contributed by atoms with Crippen molar-refractivity contribution in [2.24, 2.45) is 0 Å². The zero-order chi connectivity index (χ0) is 26.5. The quantitative estimate of drug-likeness (QED) is 0.265. The summed E-state index contributed by atoms with van der Waals surface area (Å²) in [7, 11) is -4.15. The standard InChI is InChI=1S/C25H34FNO6SSi/c1-8-17-25(22(28)31-7,24(5,6)33-35-23(2,3)4)27-34(29,30)21-15-13-20(14-16-21)32-19-11-9-18(26)10-12-19/h8-16,27H,1,17,35H2,2-7H3/t25-/m1/s1. The number of ether oxygens (including phenoxy) is 2. The van der Waals surface area contributed by atoms with E-state index in [0.29, 0.717) is 11.5 Å². The molecule has 0 radical (unpaired) electrons. The van der Waals surface area contributed by atoms with Crippen LogP contribution < -0.4 is 9.46 Å². The van der Waals surface area contributed by atoms with Crippen molar-refractivity contribution >= 4 is 25.8 Å². The van der Waals surface area contributed by atoms with E-state index in [1.54, 1.807) is 13.8 Å². The molecule has 0 aliphatic rings. The summed E-state index contributed by atoms with van der Waals surface area (Å²) >= 11 is 0. The third kappa shape index (κ3) is 7.23. The van der Waals surface area contributed by atoms with E-state index in [-0.39, 0.29) is 16.4 Å². The number of nitrogens with one attached hydrogen (secondary N) is 1. The lowest BCUT2D eigenvalue weighted by molar-refractivity contribution is -0.156. The van der Waals surface area contributed by atoms with Crippen molar-refractivity contribution in [1.29, 1.82) is 0 Å². The van der Waals surface area contributed by atoms with Crippen LogP contribution >= 0.6 is 0 Å². The Balaban J connectivity index is 2.39. The molecule has 192 valence electrons. The summed E-state index contributed by atoms with van der Waals surface area (Å²) in [5.74, 6) is -0.404. The van der Waals surface area contributed by atoms with Crippen LogP contribution in [0.3, 0.4) is 0 Å². The number of sulfonamides is 1. The van der Waals surface area contributed by atoms with Gasteiger partial charge in [-0.1, -0.05) is 26.8 Å². The fraction of sp³-hybridized carbons (Fsp3) is 0.400. The van der Waals surface area contributed by atoms with Crippen molar-refractivity contribution in [3.05, 3.63) is 67.0 Å². The van der Waals surface area contributed by atoms with Crippen LogP contribution in [0.25, 0.3) is 0 Å². The number of esters is 1. The monoisotopic (exact) mass is 523 g/mol. The lowest BCUT2D eigenvalue weighted by atomic mass is 9.80. The van der Waals surface area contributed by atoms with E-state index in [9.17, 15) is 17.6 Å². The number of hydrogen-bond donors (Lipinski definition) is 1. The van der Waals surface area contributed by atoms with Gasteiger partial charge in [-0.2, -0.15) is 4.72 Å². The van der Waals surface area contributed by atoms with Crippen molar-refractivity contribution < 1.29 is 31.5 Å². The lowest BCUT2D eigenvalue weighted by Crippen LogP contribution is -2.68. The van der Waals surface area contributed by atoms with Crippen LogP contribution in [0, 0.1) is 5.82 Å². The van der Waals surface area contributed by atoms with E-state index in [1.165, 1.54) is 61.7 Å². The Hall–Kier alpha value is -2.53. The third-order valence-electron chi connectivity index (χ3n) is 5.37. The summed E-state index contributed by atoms with van der Waals surface area (Å²) in [5.41, 5.74) is -2.98. The number of carbonyl (C=O) groups is 1. The zero-order valence-corrected chi connectivity index (χ0v) is 23.3. The Morgan fingerprint density at radius 3 is 2.00 bits per heavy atom.